The summed E-state index contributed by atoms with van der Waals surface area (Å²) in [5, 5.41) is 0. The zero-order valence-corrected chi connectivity index (χ0v) is 9.17. The van der Waals surface area contributed by atoms with Crippen LogP contribution in [0.1, 0.15) is 21.5 Å². The van der Waals surface area contributed by atoms with Crippen molar-refractivity contribution in [2.45, 2.75) is 6.92 Å². The van der Waals surface area contributed by atoms with E-state index in [0.29, 0.717) is 0 Å². The lowest BCUT2D eigenvalue weighted by molar-refractivity contribution is 0.0823. The first-order valence-corrected chi connectivity index (χ1v) is 4.61. The molecule has 1 aromatic carbocycles. The zero-order chi connectivity index (χ0) is 11.6. The van der Waals surface area contributed by atoms with E-state index in [4.69, 9.17) is 0 Å². The average Bonchev–Trinajstić information content (AvgIpc) is 2.17. The highest BCUT2D eigenvalue weighted by molar-refractivity contribution is 5.94. The number of carbonyl (C=O) groups is 1. The maximum Gasteiger partial charge on any atom is 0.256 e. The Kier molecular flexibility index (Phi) is 3.24. The summed E-state index contributed by atoms with van der Waals surface area (Å²) in [5.41, 5.74) is 1.64. The van der Waals surface area contributed by atoms with Crippen molar-refractivity contribution in [3.05, 3.63) is 41.2 Å². The van der Waals surface area contributed by atoms with Crippen molar-refractivity contribution in [3.63, 3.8) is 0 Å². The molecule has 0 aliphatic carbocycles. The Labute approximate surface area is 89.0 Å². The highest BCUT2D eigenvalue weighted by Gasteiger charge is 2.14. The van der Waals surface area contributed by atoms with Gasteiger partial charge in [0.1, 0.15) is 5.82 Å². The van der Waals surface area contributed by atoms with Gasteiger partial charge in [0.15, 0.2) is 0 Å². The predicted octanol–water partition coefficient (Wildman–Crippen LogP) is 2.48. The topological polar surface area (TPSA) is 20.3 Å². The van der Waals surface area contributed by atoms with Crippen molar-refractivity contribution in [1.29, 1.82) is 0 Å². The Morgan fingerprint density at radius 1 is 1.47 bits per heavy atom. The molecule has 0 saturated heterocycles. The quantitative estimate of drug-likeness (QED) is 0.729. The Morgan fingerprint density at radius 3 is 2.53 bits per heavy atom. The van der Waals surface area contributed by atoms with Gasteiger partial charge in [-0.05, 0) is 30.2 Å². The Hall–Kier alpha value is -1.64. The van der Waals surface area contributed by atoms with Crippen LogP contribution in [0.15, 0.2) is 18.7 Å². The van der Waals surface area contributed by atoms with Gasteiger partial charge in [0.25, 0.3) is 5.91 Å². The lowest BCUT2D eigenvalue weighted by Crippen LogP contribution is -2.23. The summed E-state index contributed by atoms with van der Waals surface area (Å²) in [7, 11) is 3.18. The van der Waals surface area contributed by atoms with Gasteiger partial charge in [0, 0.05) is 14.1 Å². The van der Waals surface area contributed by atoms with Crippen molar-refractivity contribution in [3.8, 4) is 0 Å². The van der Waals surface area contributed by atoms with Gasteiger partial charge in [-0.2, -0.15) is 0 Å². The number of amides is 1. The molecule has 0 heterocycles. The highest BCUT2D eigenvalue weighted by atomic mass is 19.1. The molecule has 3 heteroatoms. The maximum atomic E-state index is 13.5. The molecule has 15 heavy (non-hydrogen) atoms. The van der Waals surface area contributed by atoms with Gasteiger partial charge in [-0.25, -0.2) is 4.39 Å². The zero-order valence-electron chi connectivity index (χ0n) is 9.17. The fraction of sp³-hybridized carbons (Fsp3) is 0.250. The minimum atomic E-state index is -0.489. The summed E-state index contributed by atoms with van der Waals surface area (Å²) in [5.74, 6) is -0.826. The first-order valence-electron chi connectivity index (χ1n) is 4.61. The van der Waals surface area contributed by atoms with Crippen LogP contribution in [0.3, 0.4) is 0 Å². The molecule has 0 bridgehead atoms. The first kappa shape index (κ1) is 11.4. The van der Waals surface area contributed by atoms with Crippen molar-refractivity contribution in [2.75, 3.05) is 14.1 Å². The van der Waals surface area contributed by atoms with E-state index in [2.05, 4.69) is 6.58 Å². The Bertz CT molecular complexity index is 410. The minimum Gasteiger partial charge on any atom is -0.345 e. The van der Waals surface area contributed by atoms with Crippen LogP contribution in [0.5, 0.6) is 0 Å². The molecule has 0 unspecified atom stereocenters. The van der Waals surface area contributed by atoms with E-state index in [9.17, 15) is 9.18 Å². The number of halogens is 1. The van der Waals surface area contributed by atoms with Gasteiger partial charge >= 0.3 is 0 Å². The second kappa shape index (κ2) is 4.26. The summed E-state index contributed by atoms with van der Waals surface area (Å²) in [6.07, 6.45) is 1.61. The van der Waals surface area contributed by atoms with Gasteiger partial charge in [-0.15, -0.1) is 0 Å². The van der Waals surface area contributed by atoms with Crippen LogP contribution < -0.4 is 0 Å². The Balaban J connectivity index is 3.30. The van der Waals surface area contributed by atoms with Crippen LogP contribution in [-0.2, 0) is 0 Å². The molecule has 2 nitrogen and oxygen atoms in total. The molecule has 0 radical (unpaired) electrons. The normalized spacial score (nSPS) is 9.87. The number of aryl methyl sites for hydroxylation is 1. The van der Waals surface area contributed by atoms with E-state index in [1.54, 1.807) is 27.1 Å². The van der Waals surface area contributed by atoms with E-state index in [-0.39, 0.29) is 11.5 Å². The largest absolute Gasteiger partial charge is 0.345 e. The third kappa shape index (κ3) is 2.24. The lowest BCUT2D eigenvalue weighted by Gasteiger charge is -2.12. The number of hydrogen-bond acceptors (Lipinski definition) is 1. The molecule has 0 spiro atoms. The highest BCUT2D eigenvalue weighted by Crippen LogP contribution is 2.17. The van der Waals surface area contributed by atoms with E-state index >= 15 is 0 Å². The van der Waals surface area contributed by atoms with Crippen LogP contribution in [0.2, 0.25) is 0 Å². The Morgan fingerprint density at radius 2 is 2.07 bits per heavy atom. The van der Waals surface area contributed by atoms with Crippen molar-refractivity contribution >= 4 is 12.0 Å². The average molecular weight is 207 g/mol. The van der Waals surface area contributed by atoms with Gasteiger partial charge in [0.2, 0.25) is 0 Å². The van der Waals surface area contributed by atoms with E-state index < -0.39 is 5.82 Å². The van der Waals surface area contributed by atoms with Crippen LogP contribution in [0.25, 0.3) is 6.08 Å². The standard InChI is InChI=1S/C12H14FNO/c1-5-9-7-10(12(15)14(3)4)11(13)6-8(9)2/h5-7H,1H2,2-4H3. The molecule has 0 N–H and O–H groups in total. The van der Waals surface area contributed by atoms with E-state index in [0.717, 1.165) is 11.1 Å². The number of rotatable bonds is 2. The van der Waals surface area contributed by atoms with Gasteiger partial charge in [-0.3, -0.25) is 4.79 Å². The van der Waals surface area contributed by atoms with Crippen LogP contribution >= 0.6 is 0 Å². The molecular weight excluding hydrogens is 193 g/mol. The summed E-state index contributed by atoms with van der Waals surface area (Å²) in [4.78, 5) is 12.9. The second-order valence-electron chi connectivity index (χ2n) is 3.59. The van der Waals surface area contributed by atoms with Gasteiger partial charge in [0.05, 0.1) is 5.56 Å². The van der Waals surface area contributed by atoms with Gasteiger partial charge < -0.3 is 4.90 Å². The fourth-order valence-corrected chi connectivity index (χ4v) is 1.31. The van der Waals surface area contributed by atoms with Crippen molar-refractivity contribution < 1.29 is 9.18 Å². The molecule has 0 saturated carbocycles. The molecule has 0 aliphatic rings. The third-order valence-electron chi connectivity index (χ3n) is 2.21. The predicted molar refractivity (Wildman–Crippen MR) is 59.2 cm³/mol. The number of benzene rings is 1. The van der Waals surface area contributed by atoms with Crippen LogP contribution in [0, 0.1) is 12.7 Å². The summed E-state index contributed by atoms with van der Waals surface area (Å²) in [6, 6.07) is 2.88. The van der Waals surface area contributed by atoms with E-state index in [1.807, 2.05) is 0 Å². The SMILES string of the molecule is C=Cc1cc(C(=O)N(C)C)c(F)cc1C. The van der Waals surface area contributed by atoms with Crippen LogP contribution in [0.4, 0.5) is 4.39 Å². The van der Waals surface area contributed by atoms with E-state index in [1.165, 1.54) is 17.0 Å². The van der Waals surface area contributed by atoms with Crippen molar-refractivity contribution in [1.82, 2.24) is 4.90 Å². The van der Waals surface area contributed by atoms with Crippen molar-refractivity contribution in [2.24, 2.45) is 0 Å². The summed E-state index contributed by atoms with van der Waals surface area (Å²) in [6.45, 7) is 5.40. The molecule has 1 aromatic rings. The lowest BCUT2D eigenvalue weighted by atomic mass is 10.0. The second-order valence-corrected chi connectivity index (χ2v) is 3.59. The molecule has 0 aliphatic heterocycles. The first-order chi connectivity index (χ1) is 6.97. The monoisotopic (exact) mass is 207 g/mol. The molecule has 0 atom stereocenters. The maximum absolute atomic E-state index is 13.5. The molecule has 1 rings (SSSR count). The minimum absolute atomic E-state index is 0.0838. The number of carbonyl (C=O) groups excluding carboxylic acids is 1. The molecule has 0 fully saturated rings. The number of nitrogens with zero attached hydrogens (tertiary/aromatic N) is 1. The third-order valence-corrected chi connectivity index (χ3v) is 2.21. The van der Waals surface area contributed by atoms with Gasteiger partial charge in [-0.1, -0.05) is 12.7 Å². The molecule has 80 valence electrons. The molecule has 0 aromatic heterocycles. The molecule has 1 amide bonds. The molecular formula is C12H14FNO. The van der Waals surface area contributed by atoms with Crippen LogP contribution in [-0.4, -0.2) is 24.9 Å². The number of hydrogen-bond donors (Lipinski definition) is 0. The summed E-state index contributed by atoms with van der Waals surface area (Å²) >= 11 is 0. The summed E-state index contributed by atoms with van der Waals surface area (Å²) < 4.78 is 13.5. The fourth-order valence-electron chi connectivity index (χ4n) is 1.31. The smallest absolute Gasteiger partial charge is 0.256 e.